The molecule has 0 aliphatic carbocycles. The second-order valence-corrected chi connectivity index (χ2v) is 7.25. The summed E-state index contributed by atoms with van der Waals surface area (Å²) >= 11 is 0. The highest BCUT2D eigenvalue weighted by atomic mass is 127. The van der Waals surface area contributed by atoms with Gasteiger partial charge in [0.1, 0.15) is 17.3 Å². The van der Waals surface area contributed by atoms with Gasteiger partial charge in [0.2, 0.25) is 0 Å². The summed E-state index contributed by atoms with van der Waals surface area (Å²) in [7, 11) is 3.54. The van der Waals surface area contributed by atoms with Crippen molar-refractivity contribution < 1.29 is 9.15 Å². The summed E-state index contributed by atoms with van der Waals surface area (Å²) in [5.41, 5.74) is 2.37. The minimum atomic E-state index is 0. The van der Waals surface area contributed by atoms with Crippen LogP contribution in [0.3, 0.4) is 0 Å². The number of hydrogen-bond acceptors (Lipinski definition) is 4. The number of aliphatic imine (C=N–C) groups is 1. The number of furan rings is 1. The Hall–Kier alpha value is -1.74. The van der Waals surface area contributed by atoms with Gasteiger partial charge in [0, 0.05) is 31.3 Å². The first kappa shape index (κ1) is 23.5. The molecule has 7 heteroatoms. The van der Waals surface area contributed by atoms with E-state index in [1.54, 1.807) is 14.2 Å². The Kier molecular flexibility index (Phi) is 9.29. The molecule has 6 nitrogen and oxygen atoms in total. The molecule has 1 aromatic carbocycles. The molecule has 160 valence electrons. The van der Waals surface area contributed by atoms with Crippen LogP contribution >= 0.6 is 24.0 Å². The molecule has 0 saturated carbocycles. The van der Waals surface area contributed by atoms with Crippen molar-refractivity contribution in [3.63, 3.8) is 0 Å². The van der Waals surface area contributed by atoms with E-state index in [9.17, 15) is 0 Å². The van der Waals surface area contributed by atoms with Crippen LogP contribution in [-0.4, -0.2) is 44.7 Å². The van der Waals surface area contributed by atoms with E-state index in [2.05, 4.69) is 38.7 Å². The zero-order chi connectivity index (χ0) is 19.9. The van der Waals surface area contributed by atoms with Crippen LogP contribution in [0.5, 0.6) is 5.75 Å². The molecule has 1 unspecified atom stereocenters. The SMILES string of the molecule is CN=C(NCc1cc(C)oc1C)NCC(c1ccccc1OC)N1CCCC1.I. The fourth-order valence-corrected chi connectivity index (χ4v) is 3.88. The molecule has 1 fully saturated rings. The van der Waals surface area contributed by atoms with Gasteiger partial charge in [-0.1, -0.05) is 18.2 Å². The first-order valence-corrected chi connectivity index (χ1v) is 9.99. The van der Waals surface area contributed by atoms with Gasteiger partial charge in [0.05, 0.1) is 13.2 Å². The predicted molar refractivity (Wildman–Crippen MR) is 128 cm³/mol. The number of benzene rings is 1. The van der Waals surface area contributed by atoms with Crippen LogP contribution in [0.1, 0.15) is 41.5 Å². The van der Waals surface area contributed by atoms with E-state index in [-0.39, 0.29) is 30.0 Å². The standard InChI is InChI=1S/C22H32N4O2.HI/c1-16-13-18(17(2)28-16)14-24-22(23-3)25-15-20(26-11-7-8-12-26)19-9-5-6-10-21(19)27-4;/h5-6,9-10,13,20H,7-8,11-12,14-15H2,1-4H3,(H2,23,24,25);1H. The van der Waals surface area contributed by atoms with Crippen molar-refractivity contribution in [1.82, 2.24) is 15.5 Å². The molecule has 0 amide bonds. The van der Waals surface area contributed by atoms with Gasteiger partial charge in [-0.15, -0.1) is 24.0 Å². The highest BCUT2D eigenvalue weighted by molar-refractivity contribution is 14.0. The zero-order valence-corrected chi connectivity index (χ0v) is 20.2. The highest BCUT2D eigenvalue weighted by Crippen LogP contribution is 2.31. The quantitative estimate of drug-likeness (QED) is 0.334. The van der Waals surface area contributed by atoms with E-state index in [1.165, 1.54) is 18.4 Å². The molecule has 0 bridgehead atoms. The van der Waals surface area contributed by atoms with Gasteiger partial charge in [-0.05, 0) is 51.9 Å². The van der Waals surface area contributed by atoms with Crippen LogP contribution in [0.15, 0.2) is 39.7 Å². The third-order valence-electron chi connectivity index (χ3n) is 5.36. The van der Waals surface area contributed by atoms with Crippen molar-refractivity contribution >= 4 is 29.9 Å². The molecule has 1 aromatic heterocycles. The molecule has 1 aliphatic heterocycles. The number of methoxy groups -OCH3 is 1. The molecular formula is C22H33IN4O2. The van der Waals surface area contributed by atoms with Gasteiger partial charge in [-0.3, -0.25) is 9.89 Å². The normalized spacial score (nSPS) is 15.7. The summed E-state index contributed by atoms with van der Waals surface area (Å²) in [6.07, 6.45) is 2.50. The number of hydrogen-bond donors (Lipinski definition) is 2. The third kappa shape index (κ3) is 6.12. The number of rotatable bonds is 7. The van der Waals surface area contributed by atoms with E-state index in [4.69, 9.17) is 9.15 Å². The number of likely N-dealkylation sites (tertiary alicyclic amines) is 1. The van der Waals surface area contributed by atoms with Crippen LogP contribution < -0.4 is 15.4 Å². The zero-order valence-electron chi connectivity index (χ0n) is 17.8. The van der Waals surface area contributed by atoms with Crippen LogP contribution in [0, 0.1) is 13.8 Å². The average Bonchev–Trinajstić information content (AvgIpc) is 3.34. The molecule has 3 rings (SSSR count). The molecular weight excluding hydrogens is 479 g/mol. The minimum Gasteiger partial charge on any atom is -0.496 e. The van der Waals surface area contributed by atoms with E-state index < -0.39 is 0 Å². The summed E-state index contributed by atoms with van der Waals surface area (Å²) in [4.78, 5) is 6.92. The number of aryl methyl sites for hydroxylation is 2. The van der Waals surface area contributed by atoms with Crippen molar-refractivity contribution in [3.05, 3.63) is 53.0 Å². The topological polar surface area (TPSA) is 62.0 Å². The number of nitrogens with zero attached hydrogens (tertiary/aromatic N) is 2. The first-order chi connectivity index (χ1) is 13.6. The number of guanidine groups is 1. The van der Waals surface area contributed by atoms with Gasteiger partial charge < -0.3 is 19.8 Å². The molecule has 0 spiro atoms. The lowest BCUT2D eigenvalue weighted by molar-refractivity contribution is 0.239. The molecule has 2 aromatic rings. The maximum Gasteiger partial charge on any atom is 0.191 e. The molecule has 2 N–H and O–H groups in total. The number of ether oxygens (including phenoxy) is 1. The third-order valence-corrected chi connectivity index (χ3v) is 5.36. The Morgan fingerprint density at radius 3 is 2.55 bits per heavy atom. The van der Waals surface area contributed by atoms with Crippen molar-refractivity contribution in [2.75, 3.05) is 33.8 Å². The van der Waals surface area contributed by atoms with Crippen molar-refractivity contribution in [1.29, 1.82) is 0 Å². The largest absolute Gasteiger partial charge is 0.496 e. The summed E-state index contributed by atoms with van der Waals surface area (Å²) < 4.78 is 11.2. The summed E-state index contributed by atoms with van der Waals surface area (Å²) in [5.74, 6) is 3.61. The Bertz CT molecular complexity index is 800. The fourth-order valence-electron chi connectivity index (χ4n) is 3.88. The highest BCUT2D eigenvalue weighted by Gasteiger charge is 2.26. The second kappa shape index (κ2) is 11.4. The molecule has 1 saturated heterocycles. The fraction of sp³-hybridized carbons (Fsp3) is 0.500. The molecule has 29 heavy (non-hydrogen) atoms. The maximum absolute atomic E-state index is 5.63. The summed E-state index contributed by atoms with van der Waals surface area (Å²) in [6.45, 7) is 7.64. The van der Waals surface area contributed by atoms with Crippen molar-refractivity contribution in [2.24, 2.45) is 4.99 Å². The lowest BCUT2D eigenvalue weighted by atomic mass is 10.0. The number of para-hydroxylation sites is 1. The van der Waals surface area contributed by atoms with Crippen molar-refractivity contribution in [3.8, 4) is 5.75 Å². The average molecular weight is 512 g/mol. The second-order valence-electron chi connectivity index (χ2n) is 7.25. The van der Waals surface area contributed by atoms with Gasteiger partial charge in [-0.2, -0.15) is 0 Å². The maximum atomic E-state index is 5.63. The van der Waals surface area contributed by atoms with Gasteiger partial charge in [0.25, 0.3) is 0 Å². The Morgan fingerprint density at radius 1 is 1.21 bits per heavy atom. The Labute approximate surface area is 191 Å². The molecule has 1 atom stereocenters. The van der Waals surface area contributed by atoms with E-state index in [0.717, 1.165) is 48.4 Å². The van der Waals surface area contributed by atoms with E-state index >= 15 is 0 Å². The van der Waals surface area contributed by atoms with Gasteiger partial charge in [-0.25, -0.2) is 0 Å². The van der Waals surface area contributed by atoms with Crippen LogP contribution in [0.25, 0.3) is 0 Å². The van der Waals surface area contributed by atoms with Crippen molar-refractivity contribution in [2.45, 2.75) is 39.3 Å². The van der Waals surface area contributed by atoms with E-state index in [1.807, 2.05) is 26.0 Å². The smallest absolute Gasteiger partial charge is 0.191 e. The summed E-state index contributed by atoms with van der Waals surface area (Å²) in [6, 6.07) is 10.6. The molecule has 1 aliphatic rings. The number of halogens is 1. The van der Waals surface area contributed by atoms with E-state index in [0.29, 0.717) is 6.54 Å². The van der Waals surface area contributed by atoms with Crippen LogP contribution in [0.2, 0.25) is 0 Å². The first-order valence-electron chi connectivity index (χ1n) is 9.99. The Morgan fingerprint density at radius 2 is 1.93 bits per heavy atom. The number of nitrogens with one attached hydrogen (secondary N) is 2. The van der Waals surface area contributed by atoms with Gasteiger partial charge in [0.15, 0.2) is 5.96 Å². The molecule has 0 radical (unpaired) electrons. The van der Waals surface area contributed by atoms with Gasteiger partial charge >= 0.3 is 0 Å². The minimum absolute atomic E-state index is 0. The monoisotopic (exact) mass is 512 g/mol. The van der Waals surface area contributed by atoms with Crippen LogP contribution in [-0.2, 0) is 6.54 Å². The lowest BCUT2D eigenvalue weighted by Crippen LogP contribution is -2.42. The molecule has 2 heterocycles. The Balaban J connectivity index is 0.00000300. The summed E-state index contributed by atoms with van der Waals surface area (Å²) in [5, 5.41) is 6.90. The lowest BCUT2D eigenvalue weighted by Gasteiger charge is -2.30. The van der Waals surface area contributed by atoms with Crippen LogP contribution in [0.4, 0.5) is 0 Å². The predicted octanol–water partition coefficient (Wildman–Crippen LogP) is 4.03.